The van der Waals surface area contributed by atoms with E-state index in [4.69, 9.17) is 34.8 Å². The molecule has 0 aliphatic rings. The monoisotopic (exact) mass is 343 g/mol. The standard InChI is InChI=1S/C14H9Cl3FN3/c1-7(15)13-20-10-5-8(16)6-19-14(10)21(13)11-4-2-3-9(17)12(11)18/h2-7H,1H3. The zero-order valence-corrected chi connectivity index (χ0v) is 13.1. The van der Waals surface area contributed by atoms with E-state index in [1.807, 2.05) is 0 Å². The molecule has 1 unspecified atom stereocenters. The van der Waals surface area contributed by atoms with E-state index in [-0.39, 0.29) is 10.7 Å². The lowest BCUT2D eigenvalue weighted by molar-refractivity contribution is 0.616. The van der Waals surface area contributed by atoms with Crippen LogP contribution in [0.15, 0.2) is 30.5 Å². The molecule has 108 valence electrons. The Bertz CT molecular complexity index is 830. The first-order chi connectivity index (χ1) is 9.99. The zero-order valence-electron chi connectivity index (χ0n) is 10.8. The number of pyridine rings is 1. The van der Waals surface area contributed by atoms with Gasteiger partial charge >= 0.3 is 0 Å². The van der Waals surface area contributed by atoms with Crippen LogP contribution in [0, 0.1) is 5.82 Å². The molecule has 21 heavy (non-hydrogen) atoms. The second-order valence-electron chi connectivity index (χ2n) is 4.49. The van der Waals surface area contributed by atoms with Crippen LogP contribution in [0.1, 0.15) is 18.1 Å². The van der Waals surface area contributed by atoms with Crippen LogP contribution in [0.5, 0.6) is 0 Å². The van der Waals surface area contributed by atoms with Gasteiger partial charge in [-0.3, -0.25) is 4.57 Å². The third-order valence-electron chi connectivity index (χ3n) is 3.02. The van der Waals surface area contributed by atoms with Crippen LogP contribution in [0.25, 0.3) is 16.9 Å². The lowest BCUT2D eigenvalue weighted by Crippen LogP contribution is -2.05. The minimum absolute atomic E-state index is 0.0245. The Morgan fingerprint density at radius 2 is 2.05 bits per heavy atom. The number of benzene rings is 1. The number of halogens is 4. The molecule has 0 spiro atoms. The van der Waals surface area contributed by atoms with Gasteiger partial charge in [0.15, 0.2) is 11.5 Å². The van der Waals surface area contributed by atoms with Gasteiger partial charge in [0.05, 0.1) is 21.1 Å². The maximum absolute atomic E-state index is 14.3. The molecular formula is C14H9Cl3FN3. The fraction of sp³-hybridized carbons (Fsp3) is 0.143. The number of aromatic nitrogens is 3. The van der Waals surface area contributed by atoms with Gasteiger partial charge in [0.2, 0.25) is 0 Å². The molecule has 0 saturated heterocycles. The molecule has 0 saturated carbocycles. The van der Waals surface area contributed by atoms with Crippen molar-refractivity contribution in [1.82, 2.24) is 14.5 Å². The Balaban J connectivity index is 2.39. The molecule has 0 aliphatic heterocycles. The first kappa shape index (κ1) is 14.6. The SMILES string of the molecule is CC(Cl)c1nc2cc(Cl)cnc2n1-c1cccc(Cl)c1F. The summed E-state index contributed by atoms with van der Waals surface area (Å²) in [6, 6.07) is 6.39. The van der Waals surface area contributed by atoms with Gasteiger partial charge in [-0.1, -0.05) is 29.3 Å². The van der Waals surface area contributed by atoms with Crippen LogP contribution in [-0.4, -0.2) is 14.5 Å². The minimum atomic E-state index is -0.547. The number of alkyl halides is 1. The van der Waals surface area contributed by atoms with E-state index in [1.165, 1.54) is 12.3 Å². The second-order valence-corrected chi connectivity index (χ2v) is 5.99. The average molecular weight is 345 g/mol. The maximum Gasteiger partial charge on any atom is 0.165 e. The molecule has 0 aliphatic carbocycles. The van der Waals surface area contributed by atoms with E-state index in [2.05, 4.69) is 9.97 Å². The molecule has 0 radical (unpaired) electrons. The normalized spacial score (nSPS) is 12.8. The molecule has 3 rings (SSSR count). The van der Waals surface area contributed by atoms with E-state index >= 15 is 0 Å². The van der Waals surface area contributed by atoms with Crippen LogP contribution in [0.4, 0.5) is 4.39 Å². The van der Waals surface area contributed by atoms with E-state index in [1.54, 1.807) is 29.7 Å². The highest BCUT2D eigenvalue weighted by molar-refractivity contribution is 6.31. The molecule has 1 atom stereocenters. The van der Waals surface area contributed by atoms with E-state index < -0.39 is 11.2 Å². The molecule has 7 heteroatoms. The molecule has 3 aromatic rings. The molecule has 0 fully saturated rings. The molecule has 2 aromatic heterocycles. The quantitative estimate of drug-likeness (QED) is 0.601. The van der Waals surface area contributed by atoms with Crippen molar-refractivity contribution in [3.8, 4) is 5.69 Å². The van der Waals surface area contributed by atoms with E-state index in [9.17, 15) is 4.39 Å². The minimum Gasteiger partial charge on any atom is -0.276 e. The highest BCUT2D eigenvalue weighted by Gasteiger charge is 2.20. The molecule has 0 amide bonds. The summed E-state index contributed by atoms with van der Waals surface area (Å²) in [5.74, 6) is -0.0728. The fourth-order valence-electron chi connectivity index (χ4n) is 2.13. The summed E-state index contributed by atoms with van der Waals surface area (Å²) in [6.07, 6.45) is 1.48. The molecule has 2 heterocycles. The summed E-state index contributed by atoms with van der Waals surface area (Å²) in [5, 5.41) is 0.0420. The van der Waals surface area contributed by atoms with Crippen molar-refractivity contribution in [2.45, 2.75) is 12.3 Å². The van der Waals surface area contributed by atoms with Crippen molar-refractivity contribution in [2.24, 2.45) is 0 Å². The average Bonchev–Trinajstić information content (AvgIpc) is 2.80. The number of hydrogen-bond donors (Lipinski definition) is 0. The largest absolute Gasteiger partial charge is 0.276 e. The number of rotatable bonds is 2. The van der Waals surface area contributed by atoms with Gasteiger partial charge in [0.25, 0.3) is 0 Å². The summed E-state index contributed by atoms with van der Waals surface area (Å²) in [7, 11) is 0. The maximum atomic E-state index is 14.3. The molecule has 1 aromatic carbocycles. The predicted octanol–water partition coefficient (Wildman–Crippen LogP) is 5.17. The van der Waals surface area contributed by atoms with Crippen molar-refractivity contribution < 1.29 is 4.39 Å². The van der Waals surface area contributed by atoms with Gasteiger partial charge in [-0.2, -0.15) is 0 Å². The predicted molar refractivity (Wildman–Crippen MR) is 83.1 cm³/mol. The summed E-state index contributed by atoms with van der Waals surface area (Å²) in [4.78, 5) is 8.63. The van der Waals surface area contributed by atoms with Gasteiger partial charge in [-0.25, -0.2) is 14.4 Å². The van der Waals surface area contributed by atoms with Gasteiger partial charge in [-0.15, -0.1) is 11.6 Å². The van der Waals surface area contributed by atoms with Crippen LogP contribution in [0.2, 0.25) is 10.0 Å². The Kier molecular flexibility index (Phi) is 3.78. The number of fused-ring (bicyclic) bond motifs is 1. The topological polar surface area (TPSA) is 30.7 Å². The third-order valence-corrected chi connectivity index (χ3v) is 3.71. The highest BCUT2D eigenvalue weighted by atomic mass is 35.5. The molecule has 0 N–H and O–H groups in total. The van der Waals surface area contributed by atoms with Crippen LogP contribution in [0.3, 0.4) is 0 Å². The molecule has 3 nitrogen and oxygen atoms in total. The van der Waals surface area contributed by atoms with Crippen LogP contribution >= 0.6 is 34.8 Å². The Hall–Kier alpha value is -1.36. The van der Waals surface area contributed by atoms with Gasteiger partial charge in [0.1, 0.15) is 11.3 Å². The summed E-state index contributed by atoms with van der Waals surface area (Å²) in [5.41, 5.74) is 1.27. The number of imidazole rings is 1. The van der Waals surface area contributed by atoms with E-state index in [0.29, 0.717) is 22.0 Å². The first-order valence-corrected chi connectivity index (χ1v) is 7.30. The number of hydrogen-bond acceptors (Lipinski definition) is 2. The molecular weight excluding hydrogens is 336 g/mol. The fourth-order valence-corrected chi connectivity index (χ4v) is 2.60. The summed E-state index contributed by atoms with van der Waals surface area (Å²) >= 11 is 17.9. The zero-order chi connectivity index (χ0) is 15.1. The summed E-state index contributed by atoms with van der Waals surface area (Å²) in [6.45, 7) is 1.75. The van der Waals surface area contributed by atoms with Gasteiger partial charge < -0.3 is 0 Å². The van der Waals surface area contributed by atoms with Crippen molar-refractivity contribution in [1.29, 1.82) is 0 Å². The van der Waals surface area contributed by atoms with Gasteiger partial charge in [-0.05, 0) is 25.1 Å². The number of nitrogens with zero attached hydrogens (tertiary/aromatic N) is 3. The van der Waals surface area contributed by atoms with Gasteiger partial charge in [0, 0.05) is 6.20 Å². The molecule has 0 bridgehead atoms. The Morgan fingerprint density at radius 3 is 2.76 bits per heavy atom. The van der Waals surface area contributed by atoms with E-state index in [0.717, 1.165) is 0 Å². The Morgan fingerprint density at radius 1 is 1.29 bits per heavy atom. The van der Waals surface area contributed by atoms with Crippen LogP contribution in [-0.2, 0) is 0 Å². The highest BCUT2D eigenvalue weighted by Crippen LogP contribution is 2.31. The second kappa shape index (κ2) is 5.44. The third kappa shape index (κ3) is 2.48. The lowest BCUT2D eigenvalue weighted by Gasteiger charge is -2.11. The smallest absolute Gasteiger partial charge is 0.165 e. The lowest BCUT2D eigenvalue weighted by atomic mass is 10.3. The van der Waals surface area contributed by atoms with Crippen LogP contribution < -0.4 is 0 Å². The Labute approximate surface area is 135 Å². The van der Waals surface area contributed by atoms with Crippen molar-refractivity contribution in [2.75, 3.05) is 0 Å². The first-order valence-electron chi connectivity index (χ1n) is 6.11. The van der Waals surface area contributed by atoms with Crippen molar-refractivity contribution in [3.63, 3.8) is 0 Å². The van der Waals surface area contributed by atoms with Crippen molar-refractivity contribution in [3.05, 3.63) is 52.1 Å². The summed E-state index contributed by atoms with van der Waals surface area (Å²) < 4.78 is 15.9. The van der Waals surface area contributed by atoms with Crippen molar-refractivity contribution >= 4 is 46.0 Å².